The molecule has 4 rings (SSSR count). The fraction of sp³-hybridized carbons (Fsp3) is 0.200. The third-order valence-electron chi connectivity index (χ3n) is 5.79. The third-order valence-corrected chi connectivity index (χ3v) is 7.28. The van der Waals surface area contributed by atoms with Gasteiger partial charge in [0, 0.05) is 40.2 Å². The Morgan fingerprint density at radius 1 is 0.972 bits per heavy atom. The van der Waals surface area contributed by atoms with Crippen LogP contribution in [0.1, 0.15) is 39.4 Å². The molecule has 0 radical (unpaired) electrons. The number of alkyl halides is 4. The number of hydrogen-bond donors (Lipinski definition) is 1. The van der Waals surface area contributed by atoms with Gasteiger partial charge in [-0.1, -0.05) is 29.3 Å². The second-order valence-corrected chi connectivity index (χ2v) is 10.6. The van der Waals surface area contributed by atoms with E-state index in [2.05, 4.69) is 5.32 Å². The molecule has 0 saturated heterocycles. The normalized spacial score (nSPS) is 18.2. The van der Waals surface area contributed by atoms with Crippen molar-refractivity contribution in [2.45, 2.75) is 23.1 Å². The molecule has 1 fully saturated rings. The smallest absolute Gasteiger partial charge is 0.263 e. The zero-order chi connectivity index (χ0) is 26.4. The zero-order valence-corrected chi connectivity index (χ0v) is 21.0. The van der Waals surface area contributed by atoms with Crippen molar-refractivity contribution in [2.75, 3.05) is 5.32 Å². The Morgan fingerprint density at radius 3 is 2.36 bits per heavy atom. The van der Waals surface area contributed by atoms with Crippen LogP contribution in [-0.2, 0) is 11.2 Å². The monoisotopic (exact) mass is 577 g/mol. The zero-order valence-electron chi connectivity index (χ0n) is 18.0. The second-order valence-electron chi connectivity index (χ2n) is 8.27. The Kier molecular flexibility index (Phi) is 7.58. The molecule has 188 valence electrons. The third kappa shape index (κ3) is 5.49. The van der Waals surface area contributed by atoms with E-state index >= 15 is 0 Å². The largest absolute Gasteiger partial charge is 0.326 e. The number of benzene rings is 3. The fourth-order valence-electron chi connectivity index (χ4n) is 3.98. The Morgan fingerprint density at radius 2 is 1.69 bits per heavy atom. The lowest BCUT2D eigenvalue weighted by Crippen LogP contribution is -2.17. The van der Waals surface area contributed by atoms with Crippen molar-refractivity contribution in [3.63, 3.8) is 0 Å². The molecule has 1 amide bonds. The van der Waals surface area contributed by atoms with Gasteiger partial charge < -0.3 is 5.32 Å². The molecule has 1 aliphatic carbocycles. The Labute approximate surface area is 223 Å². The van der Waals surface area contributed by atoms with E-state index < -0.39 is 45.9 Å². The van der Waals surface area contributed by atoms with Gasteiger partial charge in [0.2, 0.25) is 5.91 Å². The molecule has 0 heterocycles. The van der Waals surface area contributed by atoms with Crippen LogP contribution in [0, 0.1) is 17.6 Å². The summed E-state index contributed by atoms with van der Waals surface area (Å²) in [6, 6.07) is 10.7. The van der Waals surface area contributed by atoms with Crippen LogP contribution in [0.2, 0.25) is 10.0 Å². The van der Waals surface area contributed by atoms with E-state index in [0.29, 0.717) is 6.07 Å². The lowest BCUT2D eigenvalue weighted by Gasteiger charge is -2.10. The summed E-state index contributed by atoms with van der Waals surface area (Å²) >= 11 is 24.7. The minimum absolute atomic E-state index is 0.00460. The van der Waals surface area contributed by atoms with E-state index in [1.165, 1.54) is 30.3 Å². The molecule has 11 heteroatoms. The lowest BCUT2D eigenvalue weighted by atomic mass is 10.0. The van der Waals surface area contributed by atoms with Crippen molar-refractivity contribution in [3.05, 3.63) is 98.5 Å². The Bertz CT molecular complexity index is 1370. The molecule has 0 bridgehead atoms. The summed E-state index contributed by atoms with van der Waals surface area (Å²) in [5.74, 6) is -4.62. The molecule has 2 unspecified atom stereocenters. The first-order valence-corrected chi connectivity index (χ1v) is 11.9. The van der Waals surface area contributed by atoms with Gasteiger partial charge in [0.05, 0.1) is 10.9 Å². The number of rotatable bonds is 7. The number of anilines is 1. The highest BCUT2D eigenvalue weighted by atomic mass is 35.5. The van der Waals surface area contributed by atoms with Crippen molar-refractivity contribution >= 4 is 63.8 Å². The Hall–Kier alpha value is -2.32. The van der Waals surface area contributed by atoms with Crippen LogP contribution >= 0.6 is 46.4 Å². The molecule has 3 aromatic carbocycles. The molecule has 1 N–H and O–H groups in total. The fourth-order valence-corrected chi connectivity index (χ4v) is 5.28. The molecule has 0 aliphatic heterocycles. The molecule has 2 atom stereocenters. The van der Waals surface area contributed by atoms with Crippen molar-refractivity contribution in [1.82, 2.24) is 0 Å². The molecule has 36 heavy (non-hydrogen) atoms. The van der Waals surface area contributed by atoms with E-state index in [-0.39, 0.29) is 44.4 Å². The van der Waals surface area contributed by atoms with Gasteiger partial charge in [0.15, 0.2) is 5.78 Å². The number of carbonyl (C=O) groups is 2. The molecular formula is C25H15Cl4F4NO2. The van der Waals surface area contributed by atoms with Gasteiger partial charge in [-0.05, 0) is 53.6 Å². The van der Waals surface area contributed by atoms with Crippen LogP contribution in [-0.4, -0.2) is 16.0 Å². The van der Waals surface area contributed by atoms with E-state index in [1.54, 1.807) is 0 Å². The van der Waals surface area contributed by atoms with Crippen molar-refractivity contribution in [3.8, 4) is 0 Å². The maximum absolute atomic E-state index is 14.0. The minimum atomic E-state index is -2.78. The van der Waals surface area contributed by atoms with Crippen molar-refractivity contribution < 1.29 is 27.2 Å². The van der Waals surface area contributed by atoms with Gasteiger partial charge >= 0.3 is 0 Å². The molecule has 0 spiro atoms. The Balaban J connectivity index is 1.52. The van der Waals surface area contributed by atoms with E-state index in [0.717, 1.165) is 18.2 Å². The molecule has 0 aromatic heterocycles. The van der Waals surface area contributed by atoms with E-state index in [1.807, 2.05) is 0 Å². The highest BCUT2D eigenvalue weighted by Gasteiger charge is 2.67. The van der Waals surface area contributed by atoms with E-state index in [4.69, 9.17) is 46.4 Å². The van der Waals surface area contributed by atoms with Crippen molar-refractivity contribution in [1.29, 1.82) is 0 Å². The standard InChI is InChI=1S/C25H15Cl4F4NO2/c26-14-6-12(5-13(7-14)23(32)33)21-22(25(21,28)29)24(36)34-16-3-4-18(27)17(10-16)20(35)8-11-1-2-15(30)9-19(11)31/h1-7,9-10,21-23H,8H2,(H,34,36). The SMILES string of the molecule is O=C(Cc1ccc(F)cc1F)c1cc(NC(=O)C2C(c3cc(Cl)cc(C(F)F)c3)C2(Cl)Cl)ccc1Cl. The first-order valence-electron chi connectivity index (χ1n) is 10.4. The molecule has 1 aliphatic rings. The summed E-state index contributed by atoms with van der Waals surface area (Å²) in [6.45, 7) is 0. The minimum Gasteiger partial charge on any atom is -0.326 e. The van der Waals surface area contributed by atoms with Crippen LogP contribution in [0.3, 0.4) is 0 Å². The van der Waals surface area contributed by atoms with Crippen LogP contribution in [0.5, 0.6) is 0 Å². The first-order chi connectivity index (χ1) is 16.9. The summed E-state index contributed by atoms with van der Waals surface area (Å²) in [7, 11) is 0. The van der Waals surface area contributed by atoms with Gasteiger partial charge in [0.1, 0.15) is 16.0 Å². The summed E-state index contributed by atoms with van der Waals surface area (Å²) in [4.78, 5) is 25.7. The first kappa shape index (κ1) is 26.7. The van der Waals surface area contributed by atoms with Gasteiger partial charge in [0.25, 0.3) is 6.43 Å². The molecule has 1 saturated carbocycles. The maximum Gasteiger partial charge on any atom is 0.263 e. The van der Waals surface area contributed by atoms with Crippen LogP contribution in [0.25, 0.3) is 0 Å². The number of ketones is 1. The topological polar surface area (TPSA) is 46.2 Å². The number of Topliss-reactive ketones (excluding diaryl/α,β-unsaturated/α-hetero) is 1. The average Bonchev–Trinajstić information content (AvgIpc) is 3.38. The van der Waals surface area contributed by atoms with E-state index in [9.17, 15) is 27.2 Å². The summed E-state index contributed by atoms with van der Waals surface area (Å²) < 4.78 is 51.9. The van der Waals surface area contributed by atoms with Gasteiger partial charge in [-0.25, -0.2) is 17.6 Å². The number of hydrogen-bond acceptors (Lipinski definition) is 2. The summed E-state index contributed by atoms with van der Waals surface area (Å²) in [6.07, 6.45) is -3.16. The predicted octanol–water partition coefficient (Wildman–Crippen LogP) is 8.16. The highest BCUT2D eigenvalue weighted by molar-refractivity contribution is 6.53. The van der Waals surface area contributed by atoms with Crippen LogP contribution in [0.15, 0.2) is 54.6 Å². The van der Waals surface area contributed by atoms with Gasteiger partial charge in [-0.3, -0.25) is 9.59 Å². The maximum atomic E-state index is 14.0. The molecule has 3 aromatic rings. The van der Waals surface area contributed by atoms with Crippen LogP contribution < -0.4 is 5.32 Å². The summed E-state index contributed by atoms with van der Waals surface area (Å²) in [5, 5.41) is 2.71. The quantitative estimate of drug-likeness (QED) is 0.175. The number of carbonyl (C=O) groups excluding carboxylic acids is 2. The molecular weight excluding hydrogens is 564 g/mol. The average molecular weight is 579 g/mol. The number of halogens is 8. The molecule has 3 nitrogen and oxygen atoms in total. The van der Waals surface area contributed by atoms with Gasteiger partial charge in [-0.15, -0.1) is 23.2 Å². The van der Waals surface area contributed by atoms with Crippen LogP contribution in [0.4, 0.5) is 23.2 Å². The predicted molar refractivity (Wildman–Crippen MR) is 132 cm³/mol. The second kappa shape index (κ2) is 10.2. The van der Waals surface area contributed by atoms with Crippen molar-refractivity contribution in [2.24, 2.45) is 5.92 Å². The number of nitrogens with one attached hydrogen (secondary N) is 1. The number of amides is 1. The summed E-state index contributed by atoms with van der Waals surface area (Å²) in [5.41, 5.74) is 0.125. The lowest BCUT2D eigenvalue weighted by molar-refractivity contribution is -0.117. The highest BCUT2D eigenvalue weighted by Crippen LogP contribution is 2.65. The van der Waals surface area contributed by atoms with Gasteiger partial charge in [-0.2, -0.15) is 0 Å².